The smallest absolute Gasteiger partial charge is 0.433 e. The van der Waals surface area contributed by atoms with Gasteiger partial charge in [-0.25, -0.2) is 4.98 Å². The minimum atomic E-state index is -4.42. The van der Waals surface area contributed by atoms with Crippen molar-refractivity contribution < 1.29 is 17.9 Å². The molecule has 0 bridgehead atoms. The van der Waals surface area contributed by atoms with Crippen molar-refractivity contribution in [3.8, 4) is 5.88 Å². The number of hydrogen-bond donors (Lipinski definition) is 0. The second-order valence-corrected chi connectivity index (χ2v) is 3.86. The van der Waals surface area contributed by atoms with Gasteiger partial charge in [0.15, 0.2) is 0 Å². The Balaban J connectivity index is 2.19. The monoisotopic (exact) mass is 243 g/mol. The van der Waals surface area contributed by atoms with Gasteiger partial charge in [0, 0.05) is 12.0 Å². The molecule has 0 aromatic carbocycles. The Labute approximate surface area is 97.1 Å². The molecule has 2 nitrogen and oxygen atoms in total. The fraction of sp³-hybridized carbons (Fsp3) is 0.417. The summed E-state index contributed by atoms with van der Waals surface area (Å²) >= 11 is 0. The Hall–Kier alpha value is -1.52. The number of pyridine rings is 1. The fourth-order valence-electron chi connectivity index (χ4n) is 1.68. The molecule has 2 heterocycles. The number of hydrogen-bond acceptors (Lipinski definition) is 2. The molecule has 0 spiro atoms. The summed E-state index contributed by atoms with van der Waals surface area (Å²) < 4.78 is 42.6. The van der Waals surface area contributed by atoms with E-state index in [1.165, 1.54) is 6.07 Å². The third-order valence-electron chi connectivity index (χ3n) is 2.50. The van der Waals surface area contributed by atoms with Gasteiger partial charge in [0.2, 0.25) is 5.88 Å². The maximum atomic E-state index is 12.4. The van der Waals surface area contributed by atoms with Gasteiger partial charge in [0.25, 0.3) is 0 Å². The summed E-state index contributed by atoms with van der Waals surface area (Å²) in [6, 6.07) is 2.43. The van der Waals surface area contributed by atoms with Crippen LogP contribution in [-0.4, -0.2) is 11.1 Å². The van der Waals surface area contributed by atoms with Gasteiger partial charge in [-0.1, -0.05) is 19.1 Å². The van der Waals surface area contributed by atoms with E-state index in [1.54, 1.807) is 0 Å². The van der Waals surface area contributed by atoms with E-state index in [2.05, 4.69) is 4.98 Å². The average molecular weight is 243 g/mol. The summed E-state index contributed by atoms with van der Waals surface area (Å²) in [7, 11) is 0. The molecule has 0 fully saturated rings. The highest BCUT2D eigenvalue weighted by molar-refractivity contribution is 5.34. The summed E-state index contributed by atoms with van der Waals surface area (Å²) in [5, 5.41) is 0. The van der Waals surface area contributed by atoms with E-state index < -0.39 is 11.9 Å². The third-order valence-corrected chi connectivity index (χ3v) is 2.50. The van der Waals surface area contributed by atoms with E-state index in [9.17, 15) is 13.2 Å². The van der Waals surface area contributed by atoms with E-state index in [0.717, 1.165) is 18.1 Å². The van der Waals surface area contributed by atoms with Crippen LogP contribution in [0.2, 0.25) is 0 Å². The molecule has 1 aliphatic heterocycles. The molecule has 92 valence electrons. The first-order valence-electron chi connectivity index (χ1n) is 5.41. The molecule has 0 saturated heterocycles. The molecule has 0 radical (unpaired) electrons. The SMILES string of the molecule is CC/C=C/[C@H]1Cc2ccc(C(F)(F)F)nc2O1. The van der Waals surface area contributed by atoms with Gasteiger partial charge in [-0.05, 0) is 18.6 Å². The molecule has 0 saturated carbocycles. The Morgan fingerprint density at radius 2 is 2.24 bits per heavy atom. The summed E-state index contributed by atoms with van der Waals surface area (Å²) in [5.41, 5.74) is -0.180. The van der Waals surface area contributed by atoms with Crippen molar-refractivity contribution in [3.63, 3.8) is 0 Å². The van der Waals surface area contributed by atoms with Crippen molar-refractivity contribution in [2.45, 2.75) is 32.0 Å². The van der Waals surface area contributed by atoms with Crippen LogP contribution in [0.1, 0.15) is 24.6 Å². The van der Waals surface area contributed by atoms with Crippen LogP contribution in [0, 0.1) is 0 Å². The van der Waals surface area contributed by atoms with Gasteiger partial charge in [0.1, 0.15) is 11.8 Å². The predicted molar refractivity (Wildman–Crippen MR) is 56.8 cm³/mol. The van der Waals surface area contributed by atoms with E-state index in [0.29, 0.717) is 6.42 Å². The second kappa shape index (κ2) is 4.39. The highest BCUT2D eigenvalue weighted by atomic mass is 19.4. The molecule has 2 rings (SSSR count). The Morgan fingerprint density at radius 1 is 1.47 bits per heavy atom. The van der Waals surface area contributed by atoms with Gasteiger partial charge in [-0.2, -0.15) is 13.2 Å². The van der Waals surface area contributed by atoms with Crippen molar-refractivity contribution in [1.29, 1.82) is 0 Å². The van der Waals surface area contributed by atoms with Crippen LogP contribution in [0.25, 0.3) is 0 Å². The lowest BCUT2D eigenvalue weighted by molar-refractivity contribution is -0.141. The second-order valence-electron chi connectivity index (χ2n) is 3.86. The first-order chi connectivity index (χ1) is 8.00. The zero-order chi connectivity index (χ0) is 12.5. The molecule has 1 aromatic heterocycles. The predicted octanol–water partition coefficient (Wildman–Crippen LogP) is 3.37. The Kier molecular flexibility index (Phi) is 3.09. The first kappa shape index (κ1) is 12.0. The van der Waals surface area contributed by atoms with Crippen molar-refractivity contribution in [3.05, 3.63) is 35.5 Å². The van der Waals surface area contributed by atoms with Crippen molar-refractivity contribution in [2.24, 2.45) is 0 Å². The standard InChI is InChI=1S/C12H12F3NO/c1-2-3-4-9-7-8-5-6-10(12(13,14)15)16-11(8)17-9/h3-6,9H,2,7H2,1H3/b4-3+/t9-/m0/s1. The van der Waals surface area contributed by atoms with Gasteiger partial charge in [-0.3, -0.25) is 0 Å². The van der Waals surface area contributed by atoms with E-state index in [1.807, 2.05) is 19.1 Å². The third kappa shape index (κ3) is 2.60. The minimum absolute atomic E-state index is 0.102. The molecule has 0 aliphatic carbocycles. The average Bonchev–Trinajstić information content (AvgIpc) is 2.66. The Bertz CT molecular complexity index is 440. The lowest BCUT2D eigenvalue weighted by atomic mass is 10.1. The summed E-state index contributed by atoms with van der Waals surface area (Å²) in [6.07, 6.45) is 0.626. The number of alkyl halides is 3. The van der Waals surface area contributed by atoms with Crippen LogP contribution in [0.5, 0.6) is 5.88 Å². The lowest BCUT2D eigenvalue weighted by Gasteiger charge is -2.07. The van der Waals surface area contributed by atoms with E-state index >= 15 is 0 Å². The molecule has 0 amide bonds. The number of allylic oxidation sites excluding steroid dienone is 1. The van der Waals surface area contributed by atoms with Crippen LogP contribution in [0.3, 0.4) is 0 Å². The molecule has 1 aromatic rings. The lowest BCUT2D eigenvalue weighted by Crippen LogP contribution is -2.10. The number of rotatable bonds is 2. The van der Waals surface area contributed by atoms with Crippen LogP contribution in [0.4, 0.5) is 13.2 Å². The number of ether oxygens (including phenoxy) is 1. The number of aromatic nitrogens is 1. The van der Waals surface area contributed by atoms with Crippen molar-refractivity contribution >= 4 is 0 Å². The van der Waals surface area contributed by atoms with Gasteiger partial charge in [-0.15, -0.1) is 0 Å². The molecular formula is C12H12F3NO. The topological polar surface area (TPSA) is 22.1 Å². The molecular weight excluding hydrogens is 231 g/mol. The summed E-state index contributed by atoms with van der Waals surface area (Å²) in [5.74, 6) is 0.102. The normalized spacial score (nSPS) is 19.4. The van der Waals surface area contributed by atoms with E-state index in [-0.39, 0.29) is 12.0 Å². The van der Waals surface area contributed by atoms with Crippen LogP contribution in [0.15, 0.2) is 24.3 Å². The molecule has 0 unspecified atom stereocenters. The highest BCUT2D eigenvalue weighted by Crippen LogP contribution is 2.33. The maximum absolute atomic E-state index is 12.4. The highest BCUT2D eigenvalue weighted by Gasteiger charge is 2.34. The van der Waals surface area contributed by atoms with Crippen LogP contribution >= 0.6 is 0 Å². The number of nitrogens with zero attached hydrogens (tertiary/aromatic N) is 1. The van der Waals surface area contributed by atoms with Gasteiger partial charge < -0.3 is 4.74 Å². The molecule has 0 N–H and O–H groups in total. The summed E-state index contributed by atoms with van der Waals surface area (Å²) in [6.45, 7) is 1.98. The molecule has 5 heteroatoms. The van der Waals surface area contributed by atoms with Crippen LogP contribution < -0.4 is 4.74 Å². The minimum Gasteiger partial charge on any atom is -0.470 e. The number of halogens is 3. The molecule has 1 atom stereocenters. The van der Waals surface area contributed by atoms with Gasteiger partial charge in [0.05, 0.1) is 0 Å². The zero-order valence-electron chi connectivity index (χ0n) is 9.29. The summed E-state index contributed by atoms with van der Waals surface area (Å²) in [4.78, 5) is 3.50. The van der Waals surface area contributed by atoms with Crippen LogP contribution in [-0.2, 0) is 12.6 Å². The number of fused-ring (bicyclic) bond motifs is 1. The maximum Gasteiger partial charge on any atom is 0.433 e. The first-order valence-corrected chi connectivity index (χ1v) is 5.41. The molecule has 17 heavy (non-hydrogen) atoms. The largest absolute Gasteiger partial charge is 0.470 e. The Morgan fingerprint density at radius 3 is 2.88 bits per heavy atom. The molecule has 1 aliphatic rings. The van der Waals surface area contributed by atoms with Crippen molar-refractivity contribution in [1.82, 2.24) is 4.98 Å². The zero-order valence-corrected chi connectivity index (χ0v) is 9.29. The van der Waals surface area contributed by atoms with E-state index in [4.69, 9.17) is 4.74 Å². The quantitative estimate of drug-likeness (QED) is 0.743. The fourth-order valence-corrected chi connectivity index (χ4v) is 1.68. The van der Waals surface area contributed by atoms with Crippen molar-refractivity contribution in [2.75, 3.05) is 0 Å². The van der Waals surface area contributed by atoms with Gasteiger partial charge >= 0.3 is 6.18 Å².